The van der Waals surface area contributed by atoms with Crippen LogP contribution >= 0.6 is 11.3 Å². The second kappa shape index (κ2) is 7.43. The zero-order valence-electron chi connectivity index (χ0n) is 13.5. The van der Waals surface area contributed by atoms with Crippen LogP contribution in [0.25, 0.3) is 5.57 Å². The number of anilines is 1. The lowest BCUT2D eigenvalue weighted by atomic mass is 9.99. The summed E-state index contributed by atoms with van der Waals surface area (Å²) >= 11 is 1.38. The van der Waals surface area contributed by atoms with E-state index in [1.165, 1.54) is 22.5 Å². The van der Waals surface area contributed by atoms with Crippen molar-refractivity contribution in [3.05, 3.63) is 59.0 Å². The molecule has 24 heavy (non-hydrogen) atoms. The third kappa shape index (κ3) is 3.56. The predicted octanol–water partition coefficient (Wildman–Crippen LogP) is 3.74. The van der Waals surface area contributed by atoms with Gasteiger partial charge in [-0.3, -0.25) is 9.69 Å². The van der Waals surface area contributed by atoms with Gasteiger partial charge in [0.25, 0.3) is 0 Å². The van der Waals surface area contributed by atoms with Crippen molar-refractivity contribution in [1.29, 1.82) is 5.26 Å². The van der Waals surface area contributed by atoms with E-state index in [2.05, 4.69) is 34.5 Å². The first-order valence-electron chi connectivity index (χ1n) is 7.96. The van der Waals surface area contributed by atoms with Gasteiger partial charge >= 0.3 is 0 Å². The van der Waals surface area contributed by atoms with Gasteiger partial charge in [-0.1, -0.05) is 36.4 Å². The van der Waals surface area contributed by atoms with E-state index in [1.807, 2.05) is 30.5 Å². The van der Waals surface area contributed by atoms with Crippen molar-refractivity contribution in [2.75, 3.05) is 18.4 Å². The molecule has 2 aromatic rings. The van der Waals surface area contributed by atoms with Gasteiger partial charge in [0.1, 0.15) is 11.1 Å². The van der Waals surface area contributed by atoms with Gasteiger partial charge in [0.05, 0.1) is 11.6 Å². The molecule has 4 nitrogen and oxygen atoms in total. The van der Waals surface area contributed by atoms with E-state index in [-0.39, 0.29) is 11.9 Å². The van der Waals surface area contributed by atoms with Crippen LogP contribution in [0.1, 0.15) is 24.5 Å². The Kier molecular flexibility index (Phi) is 5.09. The Morgan fingerprint density at radius 3 is 2.79 bits per heavy atom. The van der Waals surface area contributed by atoms with Crippen molar-refractivity contribution in [3.63, 3.8) is 0 Å². The van der Waals surface area contributed by atoms with Crippen LogP contribution in [-0.4, -0.2) is 29.9 Å². The molecule has 0 unspecified atom stereocenters. The lowest BCUT2D eigenvalue weighted by molar-refractivity contribution is -0.120. The largest absolute Gasteiger partial charge is 0.315 e. The first-order chi connectivity index (χ1) is 11.7. The molecule has 122 valence electrons. The highest BCUT2D eigenvalue weighted by atomic mass is 32.1. The molecule has 0 bridgehead atoms. The summed E-state index contributed by atoms with van der Waals surface area (Å²) in [6.07, 6.45) is 3.14. The molecule has 0 fully saturated rings. The van der Waals surface area contributed by atoms with Gasteiger partial charge in [-0.25, -0.2) is 0 Å². The Morgan fingerprint density at radius 2 is 2.12 bits per heavy atom. The standard InChI is InChI=1S/C19H19N3OS/c1-14(18(23)21-19-17(13-20)9-12-24-19)22-10-7-16(8-11-22)15-5-3-2-4-6-15/h2-7,9,12,14H,8,10-11H2,1H3,(H,21,23)/t14-/m0/s1. The topological polar surface area (TPSA) is 56.1 Å². The summed E-state index contributed by atoms with van der Waals surface area (Å²) in [6, 6.07) is 14.0. The van der Waals surface area contributed by atoms with Crippen molar-refractivity contribution in [3.8, 4) is 6.07 Å². The normalized spacial score (nSPS) is 16.1. The molecule has 3 rings (SSSR count). The number of nitrogens with zero attached hydrogens (tertiary/aromatic N) is 2. The van der Waals surface area contributed by atoms with E-state index >= 15 is 0 Å². The Morgan fingerprint density at radius 1 is 1.33 bits per heavy atom. The SMILES string of the molecule is C[C@@H](C(=O)Nc1sccc1C#N)N1CC=C(c2ccccc2)CC1. The molecule has 0 aliphatic carbocycles. The number of rotatable bonds is 4. The van der Waals surface area contributed by atoms with Crippen LogP contribution in [0.15, 0.2) is 47.9 Å². The summed E-state index contributed by atoms with van der Waals surface area (Å²) in [5.41, 5.74) is 3.11. The van der Waals surface area contributed by atoms with Gasteiger partial charge in [0.2, 0.25) is 5.91 Å². The van der Waals surface area contributed by atoms with Gasteiger partial charge < -0.3 is 5.32 Å². The quantitative estimate of drug-likeness (QED) is 0.925. The van der Waals surface area contributed by atoms with Gasteiger partial charge in [0, 0.05) is 13.1 Å². The second-order valence-corrected chi connectivity index (χ2v) is 6.70. The zero-order chi connectivity index (χ0) is 16.9. The molecule has 0 radical (unpaired) electrons. The van der Waals surface area contributed by atoms with Crippen molar-refractivity contribution in [2.45, 2.75) is 19.4 Å². The number of hydrogen-bond donors (Lipinski definition) is 1. The van der Waals surface area contributed by atoms with Crippen LogP contribution in [0.5, 0.6) is 0 Å². The Bertz CT molecular complexity index is 788. The van der Waals surface area contributed by atoms with Crippen LogP contribution in [-0.2, 0) is 4.79 Å². The summed E-state index contributed by atoms with van der Waals surface area (Å²) in [5, 5.41) is 14.4. The molecule has 0 saturated carbocycles. The second-order valence-electron chi connectivity index (χ2n) is 5.78. The maximum atomic E-state index is 12.5. The van der Waals surface area contributed by atoms with Crippen LogP contribution in [0.3, 0.4) is 0 Å². The van der Waals surface area contributed by atoms with E-state index in [0.717, 1.165) is 19.5 Å². The molecule has 1 atom stereocenters. The first kappa shape index (κ1) is 16.4. The fraction of sp³-hybridized carbons (Fsp3) is 0.263. The highest BCUT2D eigenvalue weighted by Crippen LogP contribution is 2.25. The highest BCUT2D eigenvalue weighted by molar-refractivity contribution is 7.14. The van der Waals surface area contributed by atoms with Gasteiger partial charge in [-0.15, -0.1) is 11.3 Å². The molecule has 2 heterocycles. The van der Waals surface area contributed by atoms with E-state index in [1.54, 1.807) is 6.07 Å². The lowest BCUT2D eigenvalue weighted by Gasteiger charge is -2.31. The fourth-order valence-corrected chi connectivity index (χ4v) is 3.57. The van der Waals surface area contributed by atoms with E-state index in [0.29, 0.717) is 10.6 Å². The van der Waals surface area contributed by atoms with Crippen LogP contribution in [0.4, 0.5) is 5.00 Å². The molecule has 1 N–H and O–H groups in total. The maximum Gasteiger partial charge on any atom is 0.242 e. The van der Waals surface area contributed by atoms with Gasteiger partial charge in [0.15, 0.2) is 0 Å². The van der Waals surface area contributed by atoms with Crippen LogP contribution < -0.4 is 5.32 Å². The third-order valence-electron chi connectivity index (χ3n) is 4.33. The van der Waals surface area contributed by atoms with E-state index < -0.39 is 0 Å². The summed E-state index contributed by atoms with van der Waals surface area (Å²) in [4.78, 5) is 14.6. The number of nitriles is 1. The van der Waals surface area contributed by atoms with Crippen molar-refractivity contribution >= 4 is 27.8 Å². The van der Waals surface area contributed by atoms with E-state index in [4.69, 9.17) is 5.26 Å². The number of nitrogens with one attached hydrogen (secondary N) is 1. The number of carbonyl (C=O) groups excluding carboxylic acids is 1. The average molecular weight is 337 g/mol. The number of amides is 1. The molecule has 1 aromatic carbocycles. The number of benzene rings is 1. The zero-order valence-corrected chi connectivity index (χ0v) is 14.3. The predicted molar refractivity (Wildman–Crippen MR) is 97.7 cm³/mol. The summed E-state index contributed by atoms with van der Waals surface area (Å²) in [7, 11) is 0. The Hall–Kier alpha value is -2.42. The smallest absolute Gasteiger partial charge is 0.242 e. The van der Waals surface area contributed by atoms with Crippen molar-refractivity contribution < 1.29 is 4.79 Å². The Labute approximate surface area is 146 Å². The molecular formula is C19H19N3OS. The van der Waals surface area contributed by atoms with Crippen molar-refractivity contribution in [2.24, 2.45) is 0 Å². The van der Waals surface area contributed by atoms with Crippen molar-refractivity contribution in [1.82, 2.24) is 4.90 Å². The number of thiophene rings is 1. The Balaban J connectivity index is 1.62. The molecule has 0 spiro atoms. The summed E-state index contributed by atoms with van der Waals surface area (Å²) in [5.74, 6) is -0.0643. The summed E-state index contributed by atoms with van der Waals surface area (Å²) in [6.45, 7) is 3.52. The highest BCUT2D eigenvalue weighted by Gasteiger charge is 2.24. The van der Waals surface area contributed by atoms with Gasteiger partial charge in [-0.05, 0) is 35.9 Å². The monoisotopic (exact) mass is 337 g/mol. The minimum absolute atomic E-state index is 0.0643. The maximum absolute atomic E-state index is 12.5. The molecule has 1 amide bonds. The lowest BCUT2D eigenvalue weighted by Crippen LogP contribution is -2.44. The van der Waals surface area contributed by atoms with Gasteiger partial charge in [-0.2, -0.15) is 5.26 Å². The summed E-state index contributed by atoms with van der Waals surface area (Å²) < 4.78 is 0. The first-order valence-corrected chi connectivity index (χ1v) is 8.84. The molecule has 1 aliphatic rings. The minimum Gasteiger partial charge on any atom is -0.315 e. The minimum atomic E-state index is -0.229. The van der Waals surface area contributed by atoms with Crippen LogP contribution in [0.2, 0.25) is 0 Å². The molecule has 0 saturated heterocycles. The number of hydrogen-bond acceptors (Lipinski definition) is 4. The molecule has 1 aromatic heterocycles. The van der Waals surface area contributed by atoms with Crippen LogP contribution in [0, 0.1) is 11.3 Å². The third-order valence-corrected chi connectivity index (χ3v) is 5.16. The number of carbonyl (C=O) groups is 1. The molecular weight excluding hydrogens is 318 g/mol. The van der Waals surface area contributed by atoms with E-state index in [9.17, 15) is 4.79 Å². The average Bonchev–Trinajstić information content (AvgIpc) is 3.09. The fourth-order valence-electron chi connectivity index (χ4n) is 2.83. The molecule has 5 heteroatoms. The molecule has 1 aliphatic heterocycles.